The molecule has 3 aliphatic rings. The van der Waals surface area contributed by atoms with E-state index in [1.165, 1.54) is 22.7 Å². The van der Waals surface area contributed by atoms with Gasteiger partial charge in [-0.3, -0.25) is 14.5 Å². The van der Waals surface area contributed by atoms with Gasteiger partial charge < -0.3 is 15.1 Å². The molecule has 0 saturated carbocycles. The molecule has 0 bridgehead atoms. The predicted molar refractivity (Wildman–Crippen MR) is 126 cm³/mol. The lowest BCUT2D eigenvalue weighted by atomic mass is 9.74. The maximum atomic E-state index is 13.6. The van der Waals surface area contributed by atoms with E-state index in [2.05, 4.69) is 24.2 Å². The number of amides is 4. The molecule has 3 aliphatic heterocycles. The molecule has 176 valence electrons. The van der Waals surface area contributed by atoms with Gasteiger partial charge in [0.1, 0.15) is 5.54 Å². The predicted octanol–water partition coefficient (Wildman–Crippen LogP) is 3.48. The van der Waals surface area contributed by atoms with E-state index < -0.39 is 5.54 Å². The lowest BCUT2D eigenvalue weighted by molar-refractivity contribution is -0.134. The first-order valence-electron chi connectivity index (χ1n) is 12.1. The first-order valence-corrected chi connectivity index (χ1v) is 12.9. The number of rotatable bonds is 7. The van der Waals surface area contributed by atoms with Gasteiger partial charge in [-0.15, -0.1) is 11.3 Å². The number of hydrogen-bond donors (Lipinski definition) is 1. The number of piperidine rings is 1. The quantitative estimate of drug-likeness (QED) is 0.633. The number of likely N-dealkylation sites (tertiary alicyclic amines) is 2. The van der Waals surface area contributed by atoms with Crippen LogP contribution in [-0.4, -0.2) is 77.4 Å². The average molecular weight is 461 g/mol. The van der Waals surface area contributed by atoms with Crippen molar-refractivity contribution in [1.29, 1.82) is 0 Å². The third kappa shape index (κ3) is 4.31. The van der Waals surface area contributed by atoms with Gasteiger partial charge in [-0.1, -0.05) is 13.3 Å². The lowest BCUT2D eigenvalue weighted by Gasteiger charge is -2.40. The molecule has 8 heteroatoms. The molecule has 1 aromatic rings. The third-order valence-electron chi connectivity index (χ3n) is 7.63. The Hall–Kier alpha value is -1.93. The summed E-state index contributed by atoms with van der Waals surface area (Å²) in [5.74, 6) is 0.0889. The Bertz CT molecular complexity index is 863. The fraction of sp³-hybridized carbons (Fsp3) is 0.708. The van der Waals surface area contributed by atoms with Gasteiger partial charge in [-0.25, -0.2) is 4.79 Å². The van der Waals surface area contributed by atoms with E-state index in [9.17, 15) is 14.4 Å². The van der Waals surface area contributed by atoms with Gasteiger partial charge in [-0.05, 0) is 77.1 Å². The number of nitrogens with zero attached hydrogens (tertiary/aromatic N) is 3. The van der Waals surface area contributed by atoms with Crippen LogP contribution >= 0.6 is 11.3 Å². The summed E-state index contributed by atoms with van der Waals surface area (Å²) < 4.78 is 0. The van der Waals surface area contributed by atoms with Gasteiger partial charge in [0.2, 0.25) is 0 Å². The molecular weight excluding hydrogens is 424 g/mol. The topological polar surface area (TPSA) is 73.0 Å². The summed E-state index contributed by atoms with van der Waals surface area (Å²) in [7, 11) is 2.12. The molecular formula is C24H36N4O3S. The van der Waals surface area contributed by atoms with Crippen molar-refractivity contribution < 1.29 is 14.4 Å². The van der Waals surface area contributed by atoms with E-state index in [-0.39, 0.29) is 23.8 Å². The molecule has 0 radical (unpaired) electrons. The second kappa shape index (κ2) is 9.51. The molecule has 0 aromatic carbocycles. The van der Waals surface area contributed by atoms with E-state index >= 15 is 0 Å². The van der Waals surface area contributed by atoms with Crippen LogP contribution in [0.25, 0.3) is 0 Å². The van der Waals surface area contributed by atoms with Crippen LogP contribution in [0.1, 0.15) is 66.4 Å². The van der Waals surface area contributed by atoms with E-state index in [0.29, 0.717) is 32.1 Å². The van der Waals surface area contributed by atoms with Crippen molar-refractivity contribution in [3.63, 3.8) is 0 Å². The number of imide groups is 1. The maximum absolute atomic E-state index is 13.6. The molecule has 1 aromatic heterocycles. The fourth-order valence-corrected chi connectivity index (χ4v) is 6.63. The molecule has 3 fully saturated rings. The zero-order valence-electron chi connectivity index (χ0n) is 19.6. The highest BCUT2D eigenvalue weighted by molar-refractivity contribution is 7.13. The zero-order chi connectivity index (χ0) is 22.9. The van der Waals surface area contributed by atoms with Crippen molar-refractivity contribution >= 4 is 29.2 Å². The highest BCUT2D eigenvalue weighted by Crippen LogP contribution is 2.38. The Labute approximate surface area is 195 Å². The molecule has 0 spiro atoms. The summed E-state index contributed by atoms with van der Waals surface area (Å²) in [6.07, 6.45) is 6.12. The van der Waals surface area contributed by atoms with E-state index in [1.807, 2.05) is 24.0 Å². The average Bonchev–Trinajstić information content (AvgIpc) is 3.46. The molecule has 0 aliphatic carbocycles. The van der Waals surface area contributed by atoms with E-state index in [4.69, 9.17) is 0 Å². The van der Waals surface area contributed by atoms with Crippen LogP contribution in [0.15, 0.2) is 12.1 Å². The molecule has 4 heterocycles. The fourth-order valence-electron chi connectivity index (χ4n) is 5.80. The number of carbonyl (C=O) groups excluding carboxylic acids is 3. The number of carbonyl (C=O) groups is 3. The van der Waals surface area contributed by atoms with Gasteiger partial charge in [0, 0.05) is 30.6 Å². The molecule has 3 saturated heterocycles. The van der Waals surface area contributed by atoms with Crippen molar-refractivity contribution in [2.75, 3.05) is 33.2 Å². The third-order valence-corrected chi connectivity index (χ3v) is 8.62. The number of thiophene rings is 1. The number of aryl methyl sites for hydroxylation is 1. The molecule has 32 heavy (non-hydrogen) atoms. The summed E-state index contributed by atoms with van der Waals surface area (Å²) in [6, 6.07) is 4.09. The van der Waals surface area contributed by atoms with Gasteiger partial charge in [0.15, 0.2) is 0 Å². The first-order chi connectivity index (χ1) is 15.4. The zero-order valence-corrected chi connectivity index (χ0v) is 20.4. The van der Waals surface area contributed by atoms with Crippen LogP contribution in [0.5, 0.6) is 0 Å². The van der Waals surface area contributed by atoms with Crippen LogP contribution in [0.2, 0.25) is 0 Å². The number of nitrogens with one attached hydrogen (secondary N) is 1. The largest absolute Gasteiger partial charge is 0.338 e. The summed E-state index contributed by atoms with van der Waals surface area (Å²) in [5.41, 5.74) is -0.817. The summed E-state index contributed by atoms with van der Waals surface area (Å²) in [6.45, 7) is 6.90. The number of hydrogen-bond acceptors (Lipinski definition) is 5. The van der Waals surface area contributed by atoms with Crippen LogP contribution in [-0.2, 0) is 4.79 Å². The van der Waals surface area contributed by atoms with E-state index in [0.717, 1.165) is 48.4 Å². The minimum Gasteiger partial charge on any atom is -0.338 e. The highest BCUT2D eigenvalue weighted by Gasteiger charge is 2.55. The number of urea groups is 1. The molecule has 2 atom stereocenters. The Kier molecular flexibility index (Phi) is 6.91. The van der Waals surface area contributed by atoms with Gasteiger partial charge >= 0.3 is 6.03 Å². The Morgan fingerprint density at radius 2 is 1.94 bits per heavy atom. The Morgan fingerprint density at radius 1 is 1.19 bits per heavy atom. The SMILES string of the molecule is CCC[C@@]1(C2CCN(C(=O)c3ccc(C)s3)CC2)NC(=O)N(CC[C@@H]2CCCN2C)C1=O. The van der Waals surface area contributed by atoms with Crippen LogP contribution in [0, 0.1) is 12.8 Å². The summed E-state index contributed by atoms with van der Waals surface area (Å²) in [4.78, 5) is 46.9. The summed E-state index contributed by atoms with van der Waals surface area (Å²) >= 11 is 1.53. The van der Waals surface area contributed by atoms with Crippen molar-refractivity contribution in [3.8, 4) is 0 Å². The van der Waals surface area contributed by atoms with Gasteiger partial charge in [0.25, 0.3) is 11.8 Å². The molecule has 0 unspecified atom stereocenters. The monoisotopic (exact) mass is 460 g/mol. The lowest BCUT2D eigenvalue weighted by Crippen LogP contribution is -2.56. The first kappa shape index (κ1) is 23.2. The molecule has 4 rings (SSSR count). The summed E-state index contributed by atoms with van der Waals surface area (Å²) in [5, 5.41) is 3.13. The van der Waals surface area contributed by atoms with Crippen molar-refractivity contribution in [1.82, 2.24) is 20.0 Å². The Morgan fingerprint density at radius 3 is 2.53 bits per heavy atom. The van der Waals surface area contributed by atoms with Crippen molar-refractivity contribution in [3.05, 3.63) is 21.9 Å². The Balaban J connectivity index is 1.41. The highest BCUT2D eigenvalue weighted by atomic mass is 32.1. The van der Waals surface area contributed by atoms with E-state index in [1.54, 1.807) is 0 Å². The van der Waals surface area contributed by atoms with Gasteiger partial charge in [-0.2, -0.15) is 0 Å². The maximum Gasteiger partial charge on any atom is 0.325 e. The van der Waals surface area contributed by atoms with Crippen LogP contribution in [0.4, 0.5) is 4.79 Å². The molecule has 1 N–H and O–H groups in total. The molecule has 4 amide bonds. The second-order valence-corrected chi connectivity index (χ2v) is 10.9. The van der Waals surface area contributed by atoms with Crippen LogP contribution in [0.3, 0.4) is 0 Å². The minimum absolute atomic E-state index is 0.0522. The van der Waals surface area contributed by atoms with Crippen molar-refractivity contribution in [2.24, 2.45) is 5.92 Å². The van der Waals surface area contributed by atoms with Crippen LogP contribution < -0.4 is 5.32 Å². The smallest absolute Gasteiger partial charge is 0.325 e. The molecule has 7 nitrogen and oxygen atoms in total. The van der Waals surface area contributed by atoms with Crippen molar-refractivity contribution in [2.45, 2.75) is 70.4 Å². The standard InChI is InChI=1S/C24H36N4O3S/c1-4-12-24(18-9-14-27(15-10-18)21(29)20-8-7-17(2)32-20)22(30)28(23(31)25-24)16-11-19-6-5-13-26(19)3/h7-8,18-19H,4-6,9-16H2,1-3H3,(H,25,31)/t19-,24-/m0/s1. The second-order valence-electron chi connectivity index (χ2n) is 9.65. The van der Waals surface area contributed by atoms with Gasteiger partial charge in [0.05, 0.1) is 4.88 Å². The minimum atomic E-state index is -0.817. The normalized spacial score (nSPS) is 27.4.